The number of rotatable bonds is 6. The smallest absolute Gasteiger partial charge is 0.222 e. The topological polar surface area (TPSA) is 92.3 Å². The second-order valence-corrected chi connectivity index (χ2v) is 14.0. The predicted molar refractivity (Wildman–Crippen MR) is 186 cm³/mol. The Kier molecular flexibility index (Phi) is 9.93. The summed E-state index contributed by atoms with van der Waals surface area (Å²) in [7, 11) is 0. The minimum Gasteiger partial charge on any atom is -0.368 e. The van der Waals surface area contributed by atoms with E-state index in [-0.39, 0.29) is 26.4 Å². The monoisotopic (exact) mass is 708 g/mol. The second kappa shape index (κ2) is 15.1. The van der Waals surface area contributed by atoms with Crippen LogP contribution in [0, 0.1) is 0 Å². The molecule has 0 bridgehead atoms. The fourth-order valence-corrected chi connectivity index (χ4v) is 7.80. The van der Waals surface area contributed by atoms with Crippen LogP contribution in [0.4, 0.5) is 0 Å². The lowest BCUT2D eigenvalue weighted by atomic mass is 9.91. The van der Waals surface area contributed by atoms with Crippen molar-refractivity contribution in [3.63, 3.8) is 0 Å². The fourth-order valence-electron chi connectivity index (χ4n) is 7.80. The molecule has 5 aliphatic heterocycles. The molecule has 3 saturated heterocycles. The van der Waals surface area contributed by atoms with E-state index in [1.807, 2.05) is 84.9 Å². The molecule has 5 heterocycles. The number of benzene rings is 4. The summed E-state index contributed by atoms with van der Waals surface area (Å²) >= 11 is 0. The molecular weight excluding hydrogens is 664 g/mol. The van der Waals surface area contributed by atoms with Gasteiger partial charge in [-0.2, -0.15) is 0 Å². The summed E-state index contributed by atoms with van der Waals surface area (Å²) in [6.07, 6.45) is -3.10. The number of hydrogen-bond donors (Lipinski definition) is 0. The van der Waals surface area contributed by atoms with Gasteiger partial charge in [0, 0.05) is 0 Å². The minimum atomic E-state index is -1.27. The number of ether oxygens (including phenoxy) is 10. The Morgan fingerprint density at radius 1 is 0.442 bits per heavy atom. The van der Waals surface area contributed by atoms with Crippen LogP contribution < -0.4 is 0 Å². The van der Waals surface area contributed by atoms with Crippen LogP contribution in [-0.2, 0) is 87.0 Å². The van der Waals surface area contributed by atoms with Gasteiger partial charge >= 0.3 is 0 Å². The summed E-state index contributed by atoms with van der Waals surface area (Å²) in [4.78, 5) is 0. The molecule has 0 aromatic heterocycles. The lowest BCUT2D eigenvalue weighted by Gasteiger charge is -2.56. The van der Waals surface area contributed by atoms with Crippen LogP contribution >= 0.6 is 0 Å². The SMILES string of the molecule is c1ccc(CO[C@@H]2CO[C@]3(CO[C@]4(CO3)OC[C@@H](OCc3ccccc3)[C@H]3OCc5ccccc5CO[C@@H]34)[C@H]3OCc4ccccc4CO[C@H]23)cc1. The van der Waals surface area contributed by atoms with Gasteiger partial charge in [-0.3, -0.25) is 0 Å². The molecule has 0 aliphatic carbocycles. The van der Waals surface area contributed by atoms with E-state index in [0.717, 1.165) is 33.4 Å². The molecule has 0 N–H and O–H groups in total. The highest BCUT2D eigenvalue weighted by Gasteiger charge is 2.63. The first kappa shape index (κ1) is 34.3. The Bertz CT molecular complexity index is 1650. The summed E-state index contributed by atoms with van der Waals surface area (Å²) < 4.78 is 66.4. The fraction of sp³-hybridized carbons (Fsp3) is 0.429. The van der Waals surface area contributed by atoms with Crippen molar-refractivity contribution in [1.82, 2.24) is 0 Å². The Balaban J connectivity index is 0.966. The summed E-state index contributed by atoms with van der Waals surface area (Å²) in [5.74, 6) is -2.55. The van der Waals surface area contributed by atoms with Crippen LogP contribution in [0.2, 0.25) is 0 Å². The van der Waals surface area contributed by atoms with Gasteiger partial charge < -0.3 is 47.4 Å². The van der Waals surface area contributed by atoms with Crippen molar-refractivity contribution in [3.8, 4) is 0 Å². The van der Waals surface area contributed by atoms with Gasteiger partial charge in [0.2, 0.25) is 11.6 Å². The van der Waals surface area contributed by atoms with Crippen molar-refractivity contribution in [2.75, 3.05) is 26.4 Å². The predicted octanol–water partition coefficient (Wildman–Crippen LogP) is 5.63. The highest BCUT2D eigenvalue weighted by Crippen LogP contribution is 2.44. The average molecular weight is 709 g/mol. The molecule has 3 fully saturated rings. The first-order valence-corrected chi connectivity index (χ1v) is 18.1. The number of hydrogen-bond acceptors (Lipinski definition) is 10. The molecule has 10 heteroatoms. The van der Waals surface area contributed by atoms with Crippen molar-refractivity contribution in [2.45, 2.75) is 87.8 Å². The molecule has 0 saturated carbocycles. The van der Waals surface area contributed by atoms with Crippen LogP contribution in [0.1, 0.15) is 33.4 Å². The quantitative estimate of drug-likeness (QED) is 0.251. The molecule has 0 radical (unpaired) electrons. The van der Waals surface area contributed by atoms with Crippen LogP contribution in [-0.4, -0.2) is 74.6 Å². The number of fused-ring (bicyclic) bond motifs is 6. The van der Waals surface area contributed by atoms with E-state index in [4.69, 9.17) is 47.4 Å². The van der Waals surface area contributed by atoms with Crippen molar-refractivity contribution in [2.24, 2.45) is 0 Å². The molecule has 4 aromatic rings. The first-order chi connectivity index (χ1) is 25.7. The van der Waals surface area contributed by atoms with E-state index < -0.39 is 48.2 Å². The van der Waals surface area contributed by atoms with E-state index >= 15 is 0 Å². The minimum absolute atomic E-state index is 0.0171. The van der Waals surface area contributed by atoms with Crippen molar-refractivity contribution in [1.29, 1.82) is 0 Å². The van der Waals surface area contributed by atoms with Gasteiger partial charge in [-0.15, -0.1) is 0 Å². The maximum Gasteiger partial charge on any atom is 0.222 e. The Labute approximate surface area is 303 Å². The highest BCUT2D eigenvalue weighted by atomic mass is 16.8. The molecule has 0 unspecified atom stereocenters. The third kappa shape index (κ3) is 6.85. The van der Waals surface area contributed by atoms with Crippen LogP contribution in [0.15, 0.2) is 109 Å². The summed E-state index contributed by atoms with van der Waals surface area (Å²) in [6, 6.07) is 36.5. The zero-order valence-electron chi connectivity index (χ0n) is 29.0. The van der Waals surface area contributed by atoms with Crippen LogP contribution in [0.25, 0.3) is 0 Å². The standard InChI is InChI=1S/C42H44O10/c1-3-11-29(12-4-1)19-43-35-25-49-41(39-37(35)45-21-31-15-7-9-17-33(31)23-47-39)27-52-42(28-51-41)40-38(46-22-32-16-8-10-18-34(32)24-48-40)36(26-50-42)44-20-30-13-5-2-6-14-30/h1-18,35-40H,19-28H2/t35-,36-,37-,38-,39+,40+,41+,42+/m1/s1. The first-order valence-electron chi connectivity index (χ1n) is 18.1. The second-order valence-electron chi connectivity index (χ2n) is 14.0. The molecule has 272 valence electrons. The van der Waals surface area contributed by atoms with Crippen LogP contribution in [0.5, 0.6) is 0 Å². The molecule has 2 spiro atoms. The van der Waals surface area contributed by atoms with Gasteiger partial charge in [0.25, 0.3) is 0 Å². The summed E-state index contributed by atoms with van der Waals surface area (Å²) in [5.41, 5.74) is 6.40. The molecule has 0 amide bonds. The van der Waals surface area contributed by atoms with E-state index in [0.29, 0.717) is 39.6 Å². The summed E-state index contributed by atoms with van der Waals surface area (Å²) in [6.45, 7) is 2.88. The van der Waals surface area contributed by atoms with E-state index in [1.165, 1.54) is 0 Å². The largest absolute Gasteiger partial charge is 0.368 e. The van der Waals surface area contributed by atoms with E-state index in [2.05, 4.69) is 24.3 Å². The van der Waals surface area contributed by atoms with Crippen molar-refractivity contribution in [3.05, 3.63) is 143 Å². The Hall–Kier alpha value is -3.52. The third-order valence-corrected chi connectivity index (χ3v) is 10.8. The molecule has 8 atom stereocenters. The molecule has 9 rings (SSSR count). The van der Waals surface area contributed by atoms with Gasteiger partial charge in [0.05, 0.1) is 52.9 Å². The van der Waals surface area contributed by atoms with Gasteiger partial charge in [0.1, 0.15) is 49.8 Å². The molecular formula is C42H44O10. The average Bonchev–Trinajstić information content (AvgIpc) is 3.18. The third-order valence-electron chi connectivity index (χ3n) is 10.8. The van der Waals surface area contributed by atoms with E-state index in [9.17, 15) is 0 Å². The molecule has 4 aromatic carbocycles. The zero-order valence-corrected chi connectivity index (χ0v) is 29.0. The normalized spacial score (nSPS) is 33.0. The van der Waals surface area contributed by atoms with Gasteiger partial charge in [-0.05, 0) is 33.4 Å². The molecule has 10 nitrogen and oxygen atoms in total. The maximum absolute atomic E-state index is 6.81. The van der Waals surface area contributed by atoms with Crippen molar-refractivity contribution < 1.29 is 47.4 Å². The van der Waals surface area contributed by atoms with Gasteiger partial charge in [-0.1, -0.05) is 109 Å². The highest BCUT2D eigenvalue weighted by molar-refractivity contribution is 5.28. The Morgan fingerprint density at radius 2 is 0.808 bits per heavy atom. The lowest BCUT2D eigenvalue weighted by molar-refractivity contribution is -0.461. The van der Waals surface area contributed by atoms with E-state index in [1.54, 1.807) is 0 Å². The van der Waals surface area contributed by atoms with Gasteiger partial charge in [0.15, 0.2) is 0 Å². The Morgan fingerprint density at radius 3 is 1.19 bits per heavy atom. The lowest BCUT2D eigenvalue weighted by Crippen LogP contribution is -2.74. The van der Waals surface area contributed by atoms with Gasteiger partial charge in [-0.25, -0.2) is 0 Å². The molecule has 5 aliphatic rings. The van der Waals surface area contributed by atoms with Crippen molar-refractivity contribution >= 4 is 0 Å². The zero-order chi connectivity index (χ0) is 34.8. The molecule has 52 heavy (non-hydrogen) atoms. The van der Waals surface area contributed by atoms with Crippen LogP contribution in [0.3, 0.4) is 0 Å². The summed E-state index contributed by atoms with van der Waals surface area (Å²) in [5, 5.41) is 0. The maximum atomic E-state index is 6.81.